The summed E-state index contributed by atoms with van der Waals surface area (Å²) >= 11 is 6.09. The highest BCUT2D eigenvalue weighted by Crippen LogP contribution is 2.22. The molecule has 0 saturated heterocycles. The molecule has 0 aliphatic heterocycles. The standard InChI is InChI=1S/C14H16ClN3O2S/c1-2-18(10-11-5-3-4-6-13(11)15)21(19,20)12-7-8-14(16)17-9-12/h3-9H,2,10H2,1H3,(H2,16,17). The van der Waals surface area contributed by atoms with Gasteiger partial charge < -0.3 is 5.73 Å². The molecule has 0 amide bonds. The van der Waals surface area contributed by atoms with Crippen molar-refractivity contribution < 1.29 is 8.42 Å². The Morgan fingerprint density at radius 1 is 1.24 bits per heavy atom. The molecule has 0 bridgehead atoms. The smallest absolute Gasteiger partial charge is 0.244 e. The fourth-order valence-electron chi connectivity index (χ4n) is 1.88. The number of nitrogen functional groups attached to an aromatic ring is 1. The van der Waals surface area contributed by atoms with E-state index in [9.17, 15) is 8.42 Å². The minimum Gasteiger partial charge on any atom is -0.384 e. The van der Waals surface area contributed by atoms with Gasteiger partial charge >= 0.3 is 0 Å². The van der Waals surface area contributed by atoms with Crippen molar-refractivity contribution in [3.63, 3.8) is 0 Å². The number of pyridine rings is 1. The molecule has 0 aliphatic rings. The average Bonchev–Trinajstić information content (AvgIpc) is 2.46. The third-order valence-electron chi connectivity index (χ3n) is 3.05. The lowest BCUT2D eigenvalue weighted by Crippen LogP contribution is -2.30. The van der Waals surface area contributed by atoms with Gasteiger partial charge in [0.15, 0.2) is 0 Å². The van der Waals surface area contributed by atoms with Crippen molar-refractivity contribution in [1.29, 1.82) is 0 Å². The van der Waals surface area contributed by atoms with E-state index in [4.69, 9.17) is 17.3 Å². The molecular formula is C14H16ClN3O2S. The molecule has 112 valence electrons. The van der Waals surface area contributed by atoms with Gasteiger partial charge in [-0.3, -0.25) is 0 Å². The fraction of sp³-hybridized carbons (Fsp3) is 0.214. The largest absolute Gasteiger partial charge is 0.384 e. The molecule has 5 nitrogen and oxygen atoms in total. The average molecular weight is 326 g/mol. The Morgan fingerprint density at radius 3 is 2.52 bits per heavy atom. The molecule has 21 heavy (non-hydrogen) atoms. The van der Waals surface area contributed by atoms with E-state index in [1.807, 2.05) is 12.1 Å². The number of rotatable bonds is 5. The van der Waals surface area contributed by atoms with Crippen molar-refractivity contribution in [3.8, 4) is 0 Å². The summed E-state index contributed by atoms with van der Waals surface area (Å²) in [6.07, 6.45) is 1.26. The van der Waals surface area contributed by atoms with Gasteiger partial charge in [-0.25, -0.2) is 13.4 Å². The first-order chi connectivity index (χ1) is 9.95. The van der Waals surface area contributed by atoms with Crippen molar-refractivity contribution >= 4 is 27.4 Å². The number of halogens is 1. The molecule has 2 rings (SSSR count). The number of sulfonamides is 1. The fourth-order valence-corrected chi connectivity index (χ4v) is 3.45. The van der Waals surface area contributed by atoms with Crippen LogP contribution in [0.25, 0.3) is 0 Å². The van der Waals surface area contributed by atoms with Crippen LogP contribution in [0, 0.1) is 0 Å². The minimum atomic E-state index is -3.63. The van der Waals surface area contributed by atoms with Gasteiger partial charge in [-0.1, -0.05) is 36.7 Å². The predicted molar refractivity (Wildman–Crippen MR) is 83.4 cm³/mol. The van der Waals surface area contributed by atoms with Crippen LogP contribution in [0.15, 0.2) is 47.5 Å². The molecule has 2 aromatic rings. The van der Waals surface area contributed by atoms with Gasteiger partial charge in [0.25, 0.3) is 0 Å². The van der Waals surface area contributed by atoms with Gasteiger partial charge in [-0.05, 0) is 23.8 Å². The van der Waals surface area contributed by atoms with Crippen LogP contribution in [0.1, 0.15) is 12.5 Å². The maximum absolute atomic E-state index is 12.6. The zero-order valence-corrected chi connectivity index (χ0v) is 13.1. The second kappa shape index (κ2) is 6.43. The number of benzene rings is 1. The molecule has 1 aromatic carbocycles. The molecule has 0 fully saturated rings. The maximum atomic E-state index is 12.6. The Bertz CT molecular complexity index is 717. The zero-order valence-electron chi connectivity index (χ0n) is 11.5. The zero-order chi connectivity index (χ0) is 15.5. The summed E-state index contributed by atoms with van der Waals surface area (Å²) < 4.78 is 26.5. The molecule has 0 radical (unpaired) electrons. The van der Waals surface area contributed by atoms with Crippen LogP contribution in [-0.2, 0) is 16.6 Å². The van der Waals surface area contributed by atoms with E-state index in [1.165, 1.54) is 22.6 Å². The van der Waals surface area contributed by atoms with Crippen LogP contribution < -0.4 is 5.73 Å². The second-order valence-electron chi connectivity index (χ2n) is 4.44. The van der Waals surface area contributed by atoms with E-state index < -0.39 is 10.0 Å². The number of aromatic nitrogens is 1. The third kappa shape index (κ3) is 3.53. The number of hydrogen-bond donors (Lipinski definition) is 1. The normalized spacial score (nSPS) is 11.8. The number of anilines is 1. The van der Waals surface area contributed by atoms with E-state index >= 15 is 0 Å². The van der Waals surface area contributed by atoms with Gasteiger partial charge in [0, 0.05) is 24.3 Å². The second-order valence-corrected chi connectivity index (χ2v) is 6.79. The Hall–Kier alpha value is -1.63. The minimum absolute atomic E-state index is 0.116. The number of hydrogen-bond acceptors (Lipinski definition) is 4. The van der Waals surface area contributed by atoms with E-state index in [0.717, 1.165) is 5.56 Å². The summed E-state index contributed by atoms with van der Waals surface area (Å²) in [7, 11) is -3.63. The monoisotopic (exact) mass is 325 g/mol. The highest BCUT2D eigenvalue weighted by atomic mass is 35.5. The summed E-state index contributed by atoms with van der Waals surface area (Å²) in [6, 6.07) is 10.1. The third-order valence-corrected chi connectivity index (χ3v) is 5.33. The van der Waals surface area contributed by atoms with E-state index in [2.05, 4.69) is 4.98 Å². The lowest BCUT2D eigenvalue weighted by molar-refractivity contribution is 0.423. The molecule has 0 saturated carbocycles. The Balaban J connectivity index is 2.32. The first kappa shape index (κ1) is 15.8. The van der Waals surface area contributed by atoms with Crippen LogP contribution in [0.2, 0.25) is 5.02 Å². The van der Waals surface area contributed by atoms with Crippen molar-refractivity contribution in [2.75, 3.05) is 12.3 Å². The Labute approximate surface area is 129 Å². The molecule has 1 aromatic heterocycles. The van der Waals surface area contributed by atoms with Gasteiger partial charge in [-0.15, -0.1) is 0 Å². The molecule has 2 N–H and O–H groups in total. The van der Waals surface area contributed by atoms with Gasteiger partial charge in [0.2, 0.25) is 10.0 Å². The maximum Gasteiger partial charge on any atom is 0.244 e. The molecule has 0 spiro atoms. The SMILES string of the molecule is CCN(Cc1ccccc1Cl)S(=O)(=O)c1ccc(N)nc1. The molecule has 7 heteroatoms. The summed E-state index contributed by atoms with van der Waals surface area (Å²) in [6.45, 7) is 2.32. The van der Waals surface area contributed by atoms with Crippen LogP contribution >= 0.6 is 11.6 Å². The van der Waals surface area contributed by atoms with Gasteiger partial charge in [0.05, 0.1) is 0 Å². The van der Waals surface area contributed by atoms with Crippen molar-refractivity contribution in [3.05, 3.63) is 53.2 Å². The first-order valence-corrected chi connectivity index (χ1v) is 8.22. The summed E-state index contributed by atoms with van der Waals surface area (Å²) in [4.78, 5) is 3.95. The number of nitrogens with two attached hydrogens (primary N) is 1. The van der Waals surface area contributed by atoms with Crippen molar-refractivity contribution in [2.45, 2.75) is 18.4 Å². The molecule has 1 heterocycles. The lowest BCUT2D eigenvalue weighted by Gasteiger charge is -2.21. The predicted octanol–water partition coefficient (Wildman–Crippen LogP) is 2.53. The quantitative estimate of drug-likeness (QED) is 0.916. The van der Waals surface area contributed by atoms with Crippen LogP contribution in [0.3, 0.4) is 0 Å². The van der Waals surface area contributed by atoms with Crippen LogP contribution in [0.4, 0.5) is 5.82 Å². The van der Waals surface area contributed by atoms with Gasteiger partial charge in [0.1, 0.15) is 10.7 Å². The van der Waals surface area contributed by atoms with E-state index in [-0.39, 0.29) is 17.3 Å². The molecule has 0 unspecified atom stereocenters. The van der Waals surface area contributed by atoms with Crippen molar-refractivity contribution in [2.24, 2.45) is 0 Å². The Kier molecular flexibility index (Phi) is 4.82. The first-order valence-electron chi connectivity index (χ1n) is 6.40. The van der Waals surface area contributed by atoms with Crippen molar-refractivity contribution in [1.82, 2.24) is 9.29 Å². The summed E-state index contributed by atoms with van der Waals surface area (Å²) in [5.41, 5.74) is 6.24. The van der Waals surface area contributed by atoms with Crippen LogP contribution in [-0.4, -0.2) is 24.3 Å². The topological polar surface area (TPSA) is 76.3 Å². The molecule has 0 aliphatic carbocycles. The highest BCUT2D eigenvalue weighted by molar-refractivity contribution is 7.89. The molecule has 0 atom stereocenters. The van der Waals surface area contributed by atoms with E-state index in [0.29, 0.717) is 11.6 Å². The van der Waals surface area contributed by atoms with E-state index in [1.54, 1.807) is 19.1 Å². The molecular weight excluding hydrogens is 310 g/mol. The Morgan fingerprint density at radius 2 is 1.95 bits per heavy atom. The van der Waals surface area contributed by atoms with Crippen LogP contribution in [0.5, 0.6) is 0 Å². The lowest BCUT2D eigenvalue weighted by atomic mass is 10.2. The van der Waals surface area contributed by atoms with Gasteiger partial charge in [-0.2, -0.15) is 4.31 Å². The highest BCUT2D eigenvalue weighted by Gasteiger charge is 2.24. The summed E-state index contributed by atoms with van der Waals surface area (Å²) in [5, 5.41) is 0.543. The number of nitrogens with zero attached hydrogens (tertiary/aromatic N) is 2. The summed E-state index contributed by atoms with van der Waals surface area (Å²) in [5.74, 6) is 0.281.